The molecule has 2 aromatic rings. The highest BCUT2D eigenvalue weighted by molar-refractivity contribution is 7.15. The molecule has 0 unspecified atom stereocenters. The van der Waals surface area contributed by atoms with Gasteiger partial charge in [-0.2, -0.15) is 10.2 Å². The molecule has 0 spiro atoms. The molecule has 1 aromatic carbocycles. The highest BCUT2D eigenvalue weighted by Gasteiger charge is 2.12. The highest BCUT2D eigenvalue weighted by atomic mass is 32.1. The molecule has 0 bridgehead atoms. The average molecular weight is 288 g/mol. The van der Waals surface area contributed by atoms with E-state index in [0.717, 1.165) is 15.7 Å². The predicted molar refractivity (Wildman–Crippen MR) is 81.5 cm³/mol. The van der Waals surface area contributed by atoms with Gasteiger partial charge in [-0.15, -0.1) is 0 Å². The van der Waals surface area contributed by atoms with Crippen molar-refractivity contribution in [2.24, 2.45) is 0 Å². The zero-order chi connectivity index (χ0) is 14.5. The van der Waals surface area contributed by atoms with Crippen molar-refractivity contribution in [1.29, 1.82) is 5.26 Å². The molecule has 0 radical (unpaired) electrons. The van der Waals surface area contributed by atoms with Gasteiger partial charge in [0.25, 0.3) is 0 Å². The van der Waals surface area contributed by atoms with E-state index in [2.05, 4.69) is 16.4 Å². The minimum Gasteiger partial charge on any atom is -0.480 e. The summed E-state index contributed by atoms with van der Waals surface area (Å²) >= 11 is 1.59. The number of hydrogen-bond acceptors (Lipinski definition) is 6. The molecular formula is C14H16N4OS. The van der Waals surface area contributed by atoms with Crippen LogP contribution < -0.4 is 15.0 Å². The Kier molecular flexibility index (Phi) is 4.43. The maximum absolute atomic E-state index is 8.76. The summed E-state index contributed by atoms with van der Waals surface area (Å²) in [6.45, 7) is 0.639. The van der Waals surface area contributed by atoms with Crippen LogP contribution in [0.5, 0.6) is 5.88 Å². The van der Waals surface area contributed by atoms with Crippen LogP contribution >= 0.6 is 11.3 Å². The SMILES string of the molecule is COc1nc(N(C)C)sc1CNc1ccc(C#N)cc1. The molecule has 0 aliphatic carbocycles. The van der Waals surface area contributed by atoms with Gasteiger partial charge >= 0.3 is 0 Å². The van der Waals surface area contributed by atoms with E-state index in [1.54, 1.807) is 30.6 Å². The first kappa shape index (κ1) is 14.2. The Morgan fingerprint density at radius 3 is 2.60 bits per heavy atom. The summed E-state index contributed by atoms with van der Waals surface area (Å²) in [5.41, 5.74) is 1.62. The van der Waals surface area contributed by atoms with Crippen molar-refractivity contribution >= 4 is 22.2 Å². The first-order valence-corrected chi connectivity index (χ1v) is 6.90. The summed E-state index contributed by atoms with van der Waals surface area (Å²) in [4.78, 5) is 7.41. The summed E-state index contributed by atoms with van der Waals surface area (Å²) in [6.07, 6.45) is 0. The number of aromatic nitrogens is 1. The predicted octanol–water partition coefficient (Wildman–Crippen LogP) is 2.70. The lowest BCUT2D eigenvalue weighted by atomic mass is 10.2. The van der Waals surface area contributed by atoms with Gasteiger partial charge in [0, 0.05) is 19.8 Å². The van der Waals surface area contributed by atoms with Crippen LogP contribution in [0.25, 0.3) is 0 Å². The molecule has 104 valence electrons. The summed E-state index contributed by atoms with van der Waals surface area (Å²) in [7, 11) is 5.53. The fraction of sp³-hybridized carbons (Fsp3) is 0.286. The molecule has 1 N–H and O–H groups in total. The smallest absolute Gasteiger partial charge is 0.231 e. The van der Waals surface area contributed by atoms with Crippen LogP contribution in [0.15, 0.2) is 24.3 Å². The van der Waals surface area contributed by atoms with Crippen molar-refractivity contribution in [2.75, 3.05) is 31.4 Å². The quantitative estimate of drug-likeness (QED) is 0.916. The summed E-state index contributed by atoms with van der Waals surface area (Å²) in [5.74, 6) is 0.653. The normalized spacial score (nSPS) is 9.90. The van der Waals surface area contributed by atoms with E-state index < -0.39 is 0 Å². The zero-order valence-electron chi connectivity index (χ0n) is 11.7. The third-order valence-corrected chi connectivity index (χ3v) is 3.90. The number of nitrogens with zero attached hydrogens (tertiary/aromatic N) is 3. The first-order valence-electron chi connectivity index (χ1n) is 6.09. The minimum atomic E-state index is 0.639. The fourth-order valence-corrected chi connectivity index (χ4v) is 2.53. The standard InChI is InChI=1S/C14H16N4OS/c1-18(2)14-17-13(19-3)12(20-14)9-16-11-6-4-10(8-15)5-7-11/h4-7,16H,9H2,1-3H3. The molecule has 0 saturated heterocycles. The number of benzene rings is 1. The number of anilines is 2. The molecule has 0 amide bonds. The van der Waals surface area contributed by atoms with Crippen molar-refractivity contribution < 1.29 is 4.74 Å². The second kappa shape index (κ2) is 6.26. The molecule has 1 aromatic heterocycles. The number of thiazole rings is 1. The van der Waals surface area contributed by atoms with Gasteiger partial charge in [-0.05, 0) is 24.3 Å². The summed E-state index contributed by atoms with van der Waals surface area (Å²) in [5, 5.41) is 13.0. The molecule has 5 nitrogen and oxygen atoms in total. The van der Waals surface area contributed by atoms with Gasteiger partial charge in [-0.1, -0.05) is 11.3 Å². The van der Waals surface area contributed by atoms with Crippen molar-refractivity contribution in [3.8, 4) is 11.9 Å². The van der Waals surface area contributed by atoms with E-state index in [1.165, 1.54) is 0 Å². The van der Waals surface area contributed by atoms with Crippen molar-refractivity contribution in [1.82, 2.24) is 4.98 Å². The van der Waals surface area contributed by atoms with E-state index in [-0.39, 0.29) is 0 Å². The molecule has 6 heteroatoms. The van der Waals surface area contributed by atoms with E-state index in [9.17, 15) is 0 Å². The Morgan fingerprint density at radius 2 is 2.05 bits per heavy atom. The molecule has 20 heavy (non-hydrogen) atoms. The Morgan fingerprint density at radius 1 is 1.35 bits per heavy atom. The van der Waals surface area contributed by atoms with Gasteiger partial charge in [0.2, 0.25) is 5.88 Å². The molecule has 0 fully saturated rings. The van der Waals surface area contributed by atoms with Gasteiger partial charge in [0.05, 0.1) is 30.2 Å². The third-order valence-electron chi connectivity index (χ3n) is 2.69. The molecule has 2 rings (SSSR count). The highest BCUT2D eigenvalue weighted by Crippen LogP contribution is 2.30. The molecule has 0 saturated carbocycles. The molecule has 0 aliphatic heterocycles. The number of nitriles is 1. The zero-order valence-corrected chi connectivity index (χ0v) is 12.5. The van der Waals surface area contributed by atoms with E-state index in [4.69, 9.17) is 10.00 Å². The Labute approximate surface area is 122 Å². The Hall–Kier alpha value is -2.26. The van der Waals surface area contributed by atoms with Crippen molar-refractivity contribution in [3.63, 3.8) is 0 Å². The van der Waals surface area contributed by atoms with Crippen LogP contribution in [0.4, 0.5) is 10.8 Å². The molecule has 1 heterocycles. The Bertz CT molecular complexity index is 613. The maximum Gasteiger partial charge on any atom is 0.231 e. The van der Waals surface area contributed by atoms with Gasteiger partial charge in [0.1, 0.15) is 0 Å². The molecule has 0 atom stereocenters. The van der Waals surface area contributed by atoms with Crippen LogP contribution in [0.3, 0.4) is 0 Å². The van der Waals surface area contributed by atoms with E-state index >= 15 is 0 Å². The minimum absolute atomic E-state index is 0.639. The summed E-state index contributed by atoms with van der Waals surface area (Å²) < 4.78 is 5.29. The first-order chi connectivity index (χ1) is 9.63. The van der Waals surface area contributed by atoms with Crippen LogP contribution in [0, 0.1) is 11.3 Å². The lowest BCUT2D eigenvalue weighted by Crippen LogP contribution is -2.07. The van der Waals surface area contributed by atoms with Gasteiger partial charge in [-0.25, -0.2) is 0 Å². The fourth-order valence-electron chi connectivity index (χ4n) is 1.63. The van der Waals surface area contributed by atoms with Crippen molar-refractivity contribution in [2.45, 2.75) is 6.54 Å². The second-order valence-corrected chi connectivity index (χ2v) is 5.43. The summed E-state index contributed by atoms with van der Waals surface area (Å²) in [6, 6.07) is 9.45. The average Bonchev–Trinajstić information content (AvgIpc) is 2.89. The maximum atomic E-state index is 8.76. The number of rotatable bonds is 5. The van der Waals surface area contributed by atoms with Gasteiger partial charge < -0.3 is 15.0 Å². The number of methoxy groups -OCH3 is 1. The van der Waals surface area contributed by atoms with Crippen LogP contribution in [0.2, 0.25) is 0 Å². The van der Waals surface area contributed by atoms with Crippen molar-refractivity contribution in [3.05, 3.63) is 34.7 Å². The van der Waals surface area contributed by atoms with Gasteiger partial charge in [0.15, 0.2) is 5.13 Å². The van der Waals surface area contributed by atoms with Crippen LogP contribution in [-0.2, 0) is 6.54 Å². The van der Waals surface area contributed by atoms with Gasteiger partial charge in [-0.3, -0.25) is 0 Å². The number of hydrogen-bond donors (Lipinski definition) is 1. The third kappa shape index (κ3) is 3.19. The van der Waals surface area contributed by atoms with E-state index in [1.807, 2.05) is 31.1 Å². The largest absolute Gasteiger partial charge is 0.480 e. The van der Waals surface area contributed by atoms with Crippen LogP contribution in [0.1, 0.15) is 10.4 Å². The monoisotopic (exact) mass is 288 g/mol. The Balaban J connectivity index is 2.08. The molecule has 0 aliphatic rings. The second-order valence-electron chi connectivity index (χ2n) is 4.37. The lowest BCUT2D eigenvalue weighted by molar-refractivity contribution is 0.397. The molecular weight excluding hydrogens is 272 g/mol. The van der Waals surface area contributed by atoms with Crippen LogP contribution in [-0.4, -0.2) is 26.2 Å². The van der Waals surface area contributed by atoms with E-state index in [0.29, 0.717) is 18.0 Å². The number of nitrogens with one attached hydrogen (secondary N) is 1. The lowest BCUT2D eigenvalue weighted by Gasteiger charge is -2.06. The number of ether oxygens (including phenoxy) is 1. The topological polar surface area (TPSA) is 61.2 Å².